The summed E-state index contributed by atoms with van der Waals surface area (Å²) < 4.78 is 0. The highest BCUT2D eigenvalue weighted by molar-refractivity contribution is 5.80. The van der Waals surface area contributed by atoms with Gasteiger partial charge in [-0.25, -0.2) is 0 Å². The normalized spacial score (nSPS) is 15.6. The number of nitrogens with one attached hydrogen (secondary N) is 1. The fourth-order valence-corrected chi connectivity index (χ4v) is 1.86. The van der Waals surface area contributed by atoms with E-state index in [1.54, 1.807) is 0 Å². The number of hydrogen-bond acceptors (Lipinski definition) is 3. The largest absolute Gasteiger partial charge is 0.391 e. The Morgan fingerprint density at radius 1 is 1.12 bits per heavy atom. The van der Waals surface area contributed by atoms with Gasteiger partial charge in [-0.05, 0) is 12.3 Å². The second kappa shape index (κ2) is 7.83. The smallest absolute Gasteiger partial charge is 0.138 e. The van der Waals surface area contributed by atoms with Gasteiger partial charge in [0.05, 0.1) is 6.10 Å². The highest BCUT2D eigenvalue weighted by Gasteiger charge is 2.24. The van der Waals surface area contributed by atoms with Crippen molar-refractivity contribution in [3.05, 3.63) is 0 Å². The lowest BCUT2D eigenvalue weighted by Gasteiger charge is -2.27. The Morgan fingerprint density at radius 2 is 1.65 bits per heavy atom. The number of ketones is 1. The minimum atomic E-state index is -0.574. The fraction of sp³-hybridized carbons (Fsp3) is 0.929. The zero-order chi connectivity index (χ0) is 13.6. The number of Topliss-reactive ketones (excluding diaryl/α,β-unsaturated/α-hetero) is 1. The van der Waals surface area contributed by atoms with Crippen LogP contribution < -0.4 is 5.32 Å². The van der Waals surface area contributed by atoms with E-state index >= 15 is 0 Å². The molecule has 2 atom stereocenters. The Hall–Kier alpha value is -0.410. The molecule has 0 amide bonds. The summed E-state index contributed by atoms with van der Waals surface area (Å²) in [6.45, 7) is 12.1. The molecular formula is C14H29NO2. The maximum absolute atomic E-state index is 11.6. The van der Waals surface area contributed by atoms with Crippen molar-refractivity contribution in [2.45, 2.75) is 72.6 Å². The van der Waals surface area contributed by atoms with Gasteiger partial charge in [-0.1, -0.05) is 41.5 Å². The van der Waals surface area contributed by atoms with E-state index in [1.165, 1.54) is 0 Å². The average Bonchev–Trinajstić information content (AvgIpc) is 2.14. The summed E-state index contributed by atoms with van der Waals surface area (Å²) in [5.41, 5.74) is 0. The molecule has 0 aromatic rings. The summed E-state index contributed by atoms with van der Waals surface area (Å²) in [6.07, 6.45) is 0.578. The van der Waals surface area contributed by atoms with Crippen molar-refractivity contribution < 1.29 is 9.90 Å². The summed E-state index contributed by atoms with van der Waals surface area (Å²) in [6, 6.07) is 0.334. The maximum atomic E-state index is 11.6. The fourth-order valence-electron chi connectivity index (χ4n) is 1.86. The first-order valence-corrected chi connectivity index (χ1v) is 6.70. The molecule has 0 fully saturated rings. The molecule has 17 heavy (non-hydrogen) atoms. The molecule has 3 heteroatoms. The van der Waals surface area contributed by atoms with E-state index in [4.69, 9.17) is 0 Å². The van der Waals surface area contributed by atoms with Crippen LogP contribution in [0.4, 0.5) is 0 Å². The SMILES string of the molecule is CC(C)C[C@H](NC(C)C)[C@@H](O)CC(=O)C(C)C. The molecule has 0 bridgehead atoms. The molecule has 0 spiro atoms. The summed E-state index contributed by atoms with van der Waals surface area (Å²) in [4.78, 5) is 11.6. The predicted octanol–water partition coefficient (Wildman–Crippen LogP) is 2.38. The van der Waals surface area contributed by atoms with Gasteiger partial charge in [0, 0.05) is 24.4 Å². The van der Waals surface area contributed by atoms with Gasteiger partial charge in [-0.15, -0.1) is 0 Å². The van der Waals surface area contributed by atoms with Gasteiger partial charge < -0.3 is 10.4 Å². The predicted molar refractivity (Wildman–Crippen MR) is 72.0 cm³/mol. The van der Waals surface area contributed by atoms with Gasteiger partial charge in [0.2, 0.25) is 0 Å². The highest BCUT2D eigenvalue weighted by Crippen LogP contribution is 2.13. The summed E-state index contributed by atoms with van der Waals surface area (Å²) >= 11 is 0. The molecule has 0 radical (unpaired) electrons. The summed E-state index contributed by atoms with van der Waals surface area (Å²) in [5.74, 6) is 0.648. The number of aliphatic hydroxyl groups is 1. The van der Waals surface area contributed by atoms with Gasteiger partial charge in [0.25, 0.3) is 0 Å². The van der Waals surface area contributed by atoms with Crippen LogP contribution in [0.2, 0.25) is 0 Å². The third-order valence-electron chi connectivity index (χ3n) is 2.79. The van der Waals surface area contributed by atoms with Crippen molar-refractivity contribution in [3.63, 3.8) is 0 Å². The third-order valence-corrected chi connectivity index (χ3v) is 2.79. The molecule has 0 aromatic heterocycles. The van der Waals surface area contributed by atoms with Crippen molar-refractivity contribution in [3.8, 4) is 0 Å². The Kier molecular flexibility index (Phi) is 7.64. The lowest BCUT2D eigenvalue weighted by atomic mass is 9.93. The molecule has 0 aliphatic rings. The zero-order valence-corrected chi connectivity index (χ0v) is 12.2. The molecule has 2 N–H and O–H groups in total. The third kappa shape index (κ3) is 7.50. The van der Waals surface area contributed by atoms with E-state index in [9.17, 15) is 9.90 Å². The quantitative estimate of drug-likeness (QED) is 0.688. The number of carbonyl (C=O) groups excluding carboxylic acids is 1. The number of hydrogen-bond donors (Lipinski definition) is 2. The Labute approximate surface area is 106 Å². The van der Waals surface area contributed by atoms with Crippen LogP contribution in [0.1, 0.15) is 54.4 Å². The topological polar surface area (TPSA) is 49.3 Å². The van der Waals surface area contributed by atoms with Crippen molar-refractivity contribution in [2.24, 2.45) is 11.8 Å². The monoisotopic (exact) mass is 243 g/mol. The van der Waals surface area contributed by atoms with E-state index < -0.39 is 6.10 Å². The lowest BCUT2D eigenvalue weighted by molar-refractivity contribution is -0.124. The van der Waals surface area contributed by atoms with Gasteiger partial charge in [-0.2, -0.15) is 0 Å². The van der Waals surface area contributed by atoms with Crippen molar-refractivity contribution in [1.29, 1.82) is 0 Å². The number of rotatable bonds is 8. The van der Waals surface area contributed by atoms with Crippen molar-refractivity contribution in [2.75, 3.05) is 0 Å². The van der Waals surface area contributed by atoms with Crippen LogP contribution in [0.25, 0.3) is 0 Å². The molecule has 0 aromatic carbocycles. The first kappa shape index (κ1) is 16.6. The van der Waals surface area contributed by atoms with Gasteiger partial charge >= 0.3 is 0 Å². The van der Waals surface area contributed by atoms with Crippen LogP contribution in [0.5, 0.6) is 0 Å². The second-order valence-electron chi connectivity index (χ2n) is 5.95. The van der Waals surface area contributed by atoms with E-state index in [2.05, 4.69) is 33.0 Å². The second-order valence-corrected chi connectivity index (χ2v) is 5.95. The van der Waals surface area contributed by atoms with Crippen LogP contribution in [-0.4, -0.2) is 29.1 Å². The molecular weight excluding hydrogens is 214 g/mol. The van der Waals surface area contributed by atoms with Crippen LogP contribution in [0.15, 0.2) is 0 Å². The summed E-state index contributed by atoms with van der Waals surface area (Å²) in [7, 11) is 0. The van der Waals surface area contributed by atoms with Crippen LogP contribution in [-0.2, 0) is 4.79 Å². The van der Waals surface area contributed by atoms with Crippen LogP contribution in [0.3, 0.4) is 0 Å². The first-order chi connectivity index (χ1) is 7.73. The van der Waals surface area contributed by atoms with Gasteiger partial charge in [-0.3, -0.25) is 4.79 Å². The Balaban J connectivity index is 4.40. The van der Waals surface area contributed by atoms with Gasteiger partial charge in [0.15, 0.2) is 0 Å². The van der Waals surface area contributed by atoms with Crippen LogP contribution in [0, 0.1) is 11.8 Å². The number of carbonyl (C=O) groups is 1. The number of aliphatic hydroxyl groups excluding tert-OH is 1. The lowest BCUT2D eigenvalue weighted by Crippen LogP contribution is -2.45. The molecule has 0 heterocycles. The van der Waals surface area contributed by atoms with E-state index in [0.717, 1.165) is 6.42 Å². The molecule has 0 aliphatic heterocycles. The molecule has 0 saturated heterocycles. The summed E-state index contributed by atoms with van der Waals surface area (Å²) in [5, 5.41) is 13.5. The minimum Gasteiger partial charge on any atom is -0.391 e. The Bertz CT molecular complexity index is 214. The first-order valence-electron chi connectivity index (χ1n) is 6.70. The molecule has 0 saturated carbocycles. The molecule has 0 unspecified atom stereocenters. The maximum Gasteiger partial charge on any atom is 0.138 e. The van der Waals surface area contributed by atoms with E-state index in [-0.39, 0.29) is 24.2 Å². The average molecular weight is 243 g/mol. The standard InChI is InChI=1S/C14H29NO2/c1-9(2)7-12(15-11(5)6)14(17)8-13(16)10(3)4/h9-12,14-15,17H,7-8H2,1-6H3/t12-,14-/m0/s1. The van der Waals surface area contributed by atoms with Crippen molar-refractivity contribution >= 4 is 5.78 Å². The highest BCUT2D eigenvalue weighted by atomic mass is 16.3. The minimum absolute atomic E-state index is 0.00315. The Morgan fingerprint density at radius 3 is 2.00 bits per heavy atom. The van der Waals surface area contributed by atoms with E-state index in [1.807, 2.05) is 13.8 Å². The zero-order valence-electron chi connectivity index (χ0n) is 12.2. The van der Waals surface area contributed by atoms with E-state index in [0.29, 0.717) is 12.0 Å². The van der Waals surface area contributed by atoms with Crippen LogP contribution >= 0.6 is 0 Å². The van der Waals surface area contributed by atoms with Crippen molar-refractivity contribution in [1.82, 2.24) is 5.32 Å². The van der Waals surface area contributed by atoms with Gasteiger partial charge in [0.1, 0.15) is 5.78 Å². The molecule has 0 aliphatic carbocycles. The molecule has 0 rings (SSSR count). The molecule has 102 valence electrons. The molecule has 3 nitrogen and oxygen atoms in total.